The van der Waals surface area contributed by atoms with Crippen LogP contribution in [-0.2, 0) is 9.53 Å². The summed E-state index contributed by atoms with van der Waals surface area (Å²) < 4.78 is 10.3. The Labute approximate surface area is 101 Å². The maximum Gasteiger partial charge on any atom is 0.330 e. The molecule has 1 aliphatic heterocycles. The van der Waals surface area contributed by atoms with Crippen LogP contribution in [0.15, 0.2) is 24.3 Å². The number of esters is 1. The molecule has 0 amide bonds. The molecule has 92 valence electrons. The Kier molecular flexibility index (Phi) is 3.22. The predicted molar refractivity (Wildman–Crippen MR) is 65.4 cm³/mol. The van der Waals surface area contributed by atoms with E-state index in [0.717, 1.165) is 18.0 Å². The van der Waals surface area contributed by atoms with Crippen molar-refractivity contribution >= 4 is 11.7 Å². The van der Waals surface area contributed by atoms with E-state index in [2.05, 4.69) is 0 Å². The fourth-order valence-electron chi connectivity index (χ4n) is 1.75. The van der Waals surface area contributed by atoms with Crippen LogP contribution >= 0.6 is 0 Å². The smallest absolute Gasteiger partial charge is 0.330 e. The molecule has 0 saturated carbocycles. The molecule has 17 heavy (non-hydrogen) atoms. The molecular weight excluding hydrogens is 218 g/mol. The van der Waals surface area contributed by atoms with Gasteiger partial charge in [0.05, 0.1) is 19.8 Å². The van der Waals surface area contributed by atoms with Gasteiger partial charge in [-0.25, -0.2) is 4.79 Å². The molecule has 1 heterocycles. The molecule has 4 nitrogen and oxygen atoms in total. The molecule has 1 saturated heterocycles. The Hall–Kier alpha value is -1.71. The SMILES string of the molecule is COC(=O)C1CN1c1ccc(OC(C)C)cc1. The summed E-state index contributed by atoms with van der Waals surface area (Å²) in [6.07, 6.45) is 0.171. The number of methoxy groups -OCH3 is 1. The second-order valence-corrected chi connectivity index (χ2v) is 4.35. The Morgan fingerprint density at radius 3 is 2.53 bits per heavy atom. The molecule has 4 heteroatoms. The summed E-state index contributed by atoms with van der Waals surface area (Å²) in [7, 11) is 1.42. The monoisotopic (exact) mass is 235 g/mol. The molecule has 0 N–H and O–H groups in total. The van der Waals surface area contributed by atoms with Crippen molar-refractivity contribution < 1.29 is 14.3 Å². The Bertz CT molecular complexity index is 400. The van der Waals surface area contributed by atoms with Gasteiger partial charge in [-0.1, -0.05) is 0 Å². The zero-order valence-corrected chi connectivity index (χ0v) is 10.3. The molecule has 0 spiro atoms. The van der Waals surface area contributed by atoms with Crippen LogP contribution in [0.4, 0.5) is 5.69 Å². The molecule has 1 aromatic rings. The van der Waals surface area contributed by atoms with Gasteiger partial charge in [0.15, 0.2) is 0 Å². The first-order chi connectivity index (χ1) is 8.11. The van der Waals surface area contributed by atoms with E-state index < -0.39 is 0 Å². The number of benzene rings is 1. The fraction of sp³-hybridized carbons (Fsp3) is 0.462. The van der Waals surface area contributed by atoms with Gasteiger partial charge in [-0.2, -0.15) is 0 Å². The number of carbonyl (C=O) groups excluding carboxylic acids is 1. The lowest BCUT2D eigenvalue weighted by molar-refractivity contribution is -0.139. The third-order valence-electron chi connectivity index (χ3n) is 2.63. The highest BCUT2D eigenvalue weighted by Gasteiger charge is 2.41. The lowest BCUT2D eigenvalue weighted by Gasteiger charge is -2.10. The molecule has 1 fully saturated rings. The fourth-order valence-corrected chi connectivity index (χ4v) is 1.75. The second kappa shape index (κ2) is 4.65. The predicted octanol–water partition coefficient (Wildman–Crippen LogP) is 1.84. The zero-order chi connectivity index (χ0) is 12.4. The molecular formula is C13H17NO3. The van der Waals surface area contributed by atoms with Crippen molar-refractivity contribution in [2.75, 3.05) is 18.6 Å². The minimum atomic E-state index is -0.174. The van der Waals surface area contributed by atoms with Gasteiger partial charge in [0, 0.05) is 5.69 Å². The molecule has 0 aromatic heterocycles. The third-order valence-corrected chi connectivity index (χ3v) is 2.63. The maximum atomic E-state index is 11.3. The molecule has 1 atom stereocenters. The summed E-state index contributed by atoms with van der Waals surface area (Å²) in [6.45, 7) is 4.72. The first-order valence-corrected chi connectivity index (χ1v) is 5.73. The van der Waals surface area contributed by atoms with E-state index in [1.165, 1.54) is 7.11 Å². The lowest BCUT2D eigenvalue weighted by Crippen LogP contribution is -2.13. The first-order valence-electron chi connectivity index (χ1n) is 5.73. The van der Waals surface area contributed by atoms with Crippen LogP contribution in [0.25, 0.3) is 0 Å². The summed E-state index contributed by atoms with van der Waals surface area (Å²) in [5.41, 5.74) is 1.02. The van der Waals surface area contributed by atoms with Crippen molar-refractivity contribution in [3.63, 3.8) is 0 Å². The average Bonchev–Trinajstić information content (AvgIpc) is 3.08. The van der Waals surface area contributed by atoms with E-state index in [4.69, 9.17) is 9.47 Å². The van der Waals surface area contributed by atoms with Crippen molar-refractivity contribution in [3.05, 3.63) is 24.3 Å². The number of hydrogen-bond donors (Lipinski definition) is 0. The van der Waals surface area contributed by atoms with Crippen LogP contribution in [0.1, 0.15) is 13.8 Å². The van der Waals surface area contributed by atoms with Crippen LogP contribution in [0, 0.1) is 0 Å². The van der Waals surface area contributed by atoms with E-state index in [-0.39, 0.29) is 18.1 Å². The third kappa shape index (κ3) is 2.70. The largest absolute Gasteiger partial charge is 0.491 e. The second-order valence-electron chi connectivity index (χ2n) is 4.35. The van der Waals surface area contributed by atoms with Crippen LogP contribution in [0.2, 0.25) is 0 Å². The topological polar surface area (TPSA) is 38.5 Å². The van der Waals surface area contributed by atoms with Gasteiger partial charge in [-0.3, -0.25) is 0 Å². The number of nitrogens with zero attached hydrogens (tertiary/aromatic N) is 1. The van der Waals surface area contributed by atoms with Crippen LogP contribution in [-0.4, -0.2) is 31.8 Å². The standard InChI is InChI=1S/C13H17NO3/c1-9(2)17-11-6-4-10(5-7-11)14-8-12(14)13(15)16-3/h4-7,9,12H,8H2,1-3H3. The number of carbonyl (C=O) groups is 1. The van der Waals surface area contributed by atoms with E-state index in [1.54, 1.807) is 0 Å². The van der Waals surface area contributed by atoms with Gasteiger partial charge in [0.2, 0.25) is 0 Å². The molecule has 1 aliphatic rings. The van der Waals surface area contributed by atoms with Gasteiger partial charge in [-0.05, 0) is 38.1 Å². The van der Waals surface area contributed by atoms with E-state index >= 15 is 0 Å². The summed E-state index contributed by atoms with van der Waals surface area (Å²) in [5.74, 6) is 0.674. The van der Waals surface area contributed by atoms with Gasteiger partial charge >= 0.3 is 5.97 Å². The van der Waals surface area contributed by atoms with Gasteiger partial charge in [-0.15, -0.1) is 0 Å². The normalized spacial score (nSPS) is 18.1. The Morgan fingerprint density at radius 2 is 2.00 bits per heavy atom. The molecule has 1 aromatic carbocycles. The quantitative estimate of drug-likeness (QED) is 0.589. The van der Waals surface area contributed by atoms with Gasteiger partial charge in [0.1, 0.15) is 11.8 Å². The van der Waals surface area contributed by atoms with Crippen molar-refractivity contribution in [2.45, 2.75) is 26.0 Å². The highest BCUT2D eigenvalue weighted by Crippen LogP contribution is 2.30. The van der Waals surface area contributed by atoms with Crippen LogP contribution in [0.3, 0.4) is 0 Å². The Morgan fingerprint density at radius 1 is 1.35 bits per heavy atom. The summed E-state index contributed by atoms with van der Waals surface area (Å²) in [5, 5.41) is 0. The average molecular weight is 235 g/mol. The first kappa shape index (κ1) is 11.8. The highest BCUT2D eigenvalue weighted by atomic mass is 16.5. The number of ether oxygens (including phenoxy) is 2. The van der Waals surface area contributed by atoms with Crippen molar-refractivity contribution in [3.8, 4) is 5.75 Å². The lowest BCUT2D eigenvalue weighted by atomic mass is 10.3. The highest BCUT2D eigenvalue weighted by molar-refractivity contribution is 5.86. The van der Waals surface area contributed by atoms with Gasteiger partial charge < -0.3 is 14.4 Å². The molecule has 0 bridgehead atoms. The van der Waals surface area contributed by atoms with Gasteiger partial charge in [0.25, 0.3) is 0 Å². The number of hydrogen-bond acceptors (Lipinski definition) is 4. The summed E-state index contributed by atoms with van der Waals surface area (Å²) >= 11 is 0. The van der Waals surface area contributed by atoms with Crippen LogP contribution in [0.5, 0.6) is 5.75 Å². The van der Waals surface area contributed by atoms with Crippen LogP contribution < -0.4 is 9.64 Å². The number of rotatable bonds is 4. The molecule has 0 aliphatic carbocycles. The van der Waals surface area contributed by atoms with Crippen molar-refractivity contribution in [1.82, 2.24) is 0 Å². The molecule has 0 radical (unpaired) electrons. The van der Waals surface area contributed by atoms with E-state index in [9.17, 15) is 4.79 Å². The zero-order valence-electron chi connectivity index (χ0n) is 10.3. The Balaban J connectivity index is 1.98. The maximum absolute atomic E-state index is 11.3. The summed E-state index contributed by atoms with van der Waals surface area (Å²) in [6, 6.07) is 7.64. The van der Waals surface area contributed by atoms with Crippen molar-refractivity contribution in [2.24, 2.45) is 0 Å². The molecule has 2 rings (SSSR count). The summed E-state index contributed by atoms with van der Waals surface area (Å²) in [4.78, 5) is 13.3. The van der Waals surface area contributed by atoms with E-state index in [0.29, 0.717) is 0 Å². The van der Waals surface area contributed by atoms with E-state index in [1.807, 2.05) is 43.0 Å². The minimum absolute atomic E-state index is 0.114. The minimum Gasteiger partial charge on any atom is -0.491 e. The van der Waals surface area contributed by atoms with Crippen molar-refractivity contribution in [1.29, 1.82) is 0 Å². The molecule has 1 unspecified atom stereocenters. The number of anilines is 1.